The highest BCUT2D eigenvalue weighted by Gasteiger charge is 2.44. The third kappa shape index (κ3) is 17.0. The number of nitrogens with zero attached hydrogens (tertiary/aromatic N) is 10. The molecule has 5 aromatic heterocycles. The van der Waals surface area contributed by atoms with Crippen LogP contribution in [-0.2, 0) is 45.2 Å². The average molecular weight is 1230 g/mol. The standard InChI is InChI=1S/C67H88N14O7S/c1-43(2)81-56-34-50(33-53(55(56)39-72-81)63(85)70-38-54-44(3)32-45(4)73-64(54)86)49-25-26-58(68-37-49)77-28-30-78(31-29-77)60(84)20-16-13-17-27-79-40-51(75-76-79)18-14-11-9-10-12-15-19-59(83)74-62(67(6,7)8)66(88)80-41-52(82)35-57(80)65(87)69-36-47-21-23-48(24-22-47)61-46(5)71-42-89-61/h21-26,32-34,37,39-40,42-43,52,57,62,82H,9-20,27-31,35-36,38,41H2,1-8H3,(H,69,87)(H,70,85)(H,73,86)(H,74,83)/t52-,57+,62+/m1/s1. The molecule has 0 spiro atoms. The van der Waals surface area contributed by atoms with Gasteiger partial charge in [-0.25, -0.2) is 9.97 Å². The summed E-state index contributed by atoms with van der Waals surface area (Å²) in [7, 11) is 0. The Morgan fingerprint density at radius 3 is 2.21 bits per heavy atom. The van der Waals surface area contributed by atoms with Crippen LogP contribution in [0.2, 0.25) is 0 Å². The molecule has 5 amide bonds. The van der Waals surface area contributed by atoms with Gasteiger partial charge in [0, 0.05) is 112 Å². The number of unbranched alkanes of at least 4 members (excludes halogenated alkanes) is 7. The number of hydrogen-bond donors (Lipinski definition) is 5. The number of likely N-dealkylation sites (tertiary alicyclic amines) is 1. The van der Waals surface area contributed by atoms with E-state index in [0.717, 1.165) is 131 Å². The number of aryl methyl sites for hydroxylation is 5. The number of aromatic nitrogens is 8. The molecule has 22 heteroatoms. The largest absolute Gasteiger partial charge is 0.391 e. The summed E-state index contributed by atoms with van der Waals surface area (Å²) in [6, 6.07) is 16.1. The molecule has 7 heterocycles. The van der Waals surface area contributed by atoms with Gasteiger partial charge in [-0.3, -0.25) is 38.1 Å². The number of aliphatic hydroxyl groups excluding tert-OH is 1. The fraction of sp³-hybridized carbons (Fsp3) is 0.507. The fourth-order valence-electron chi connectivity index (χ4n) is 12.0. The Morgan fingerprint density at radius 2 is 1.52 bits per heavy atom. The number of benzene rings is 2. The van der Waals surface area contributed by atoms with Crippen molar-refractivity contribution in [3.63, 3.8) is 0 Å². The van der Waals surface area contributed by atoms with Crippen molar-refractivity contribution in [1.82, 2.24) is 65.5 Å². The van der Waals surface area contributed by atoms with Gasteiger partial charge in [0.1, 0.15) is 17.9 Å². The number of carbonyl (C=O) groups excluding carboxylic acids is 5. The number of piperazine rings is 1. The summed E-state index contributed by atoms with van der Waals surface area (Å²) in [6.07, 6.45) is 14.8. The molecule has 2 aliphatic heterocycles. The number of pyridine rings is 2. The Balaban J connectivity index is 0.626. The second-order valence-corrected chi connectivity index (χ2v) is 26.2. The number of nitrogens with one attached hydrogen (secondary N) is 4. The number of amides is 5. The van der Waals surface area contributed by atoms with Crippen molar-refractivity contribution in [2.24, 2.45) is 5.41 Å². The van der Waals surface area contributed by atoms with E-state index >= 15 is 0 Å². The normalized spacial score (nSPS) is 15.7. The minimum Gasteiger partial charge on any atom is -0.391 e. The second-order valence-electron chi connectivity index (χ2n) is 25.4. The highest BCUT2D eigenvalue weighted by atomic mass is 32.1. The smallest absolute Gasteiger partial charge is 0.253 e. The molecular formula is C67H88N14O7S. The van der Waals surface area contributed by atoms with Crippen LogP contribution in [0.15, 0.2) is 83.5 Å². The number of β-amino-alcohol motifs (C(OH)–C–C–N with tert-alkyl or cyclic N) is 1. The lowest BCUT2D eigenvalue weighted by Crippen LogP contribution is -2.57. The highest BCUT2D eigenvalue weighted by Crippen LogP contribution is 2.32. The minimum atomic E-state index is -0.860. The first kappa shape index (κ1) is 65.3. The third-order valence-electron chi connectivity index (χ3n) is 17.1. The molecule has 2 aliphatic rings. The molecule has 9 rings (SSSR count). The van der Waals surface area contributed by atoms with E-state index in [1.54, 1.807) is 17.5 Å². The quantitative estimate of drug-likeness (QED) is 0.0302. The number of anilines is 1. The van der Waals surface area contributed by atoms with Gasteiger partial charge in [-0.1, -0.05) is 82.4 Å². The number of thiazole rings is 1. The molecule has 89 heavy (non-hydrogen) atoms. The molecule has 0 radical (unpaired) electrons. The highest BCUT2D eigenvalue weighted by molar-refractivity contribution is 7.13. The predicted molar refractivity (Wildman–Crippen MR) is 346 cm³/mol. The summed E-state index contributed by atoms with van der Waals surface area (Å²) in [4.78, 5) is 99.3. The number of H-pyrrole nitrogens is 1. The molecule has 3 atom stereocenters. The Kier molecular flexibility index (Phi) is 22.0. The second kappa shape index (κ2) is 29.9. The number of carbonyl (C=O) groups is 5. The van der Waals surface area contributed by atoms with Gasteiger partial charge < -0.3 is 40.7 Å². The zero-order chi connectivity index (χ0) is 63.4. The molecule has 7 aromatic rings. The molecule has 2 aromatic carbocycles. The maximum Gasteiger partial charge on any atom is 0.253 e. The maximum absolute atomic E-state index is 14.1. The molecule has 21 nitrogen and oxygen atoms in total. The van der Waals surface area contributed by atoms with E-state index in [0.29, 0.717) is 56.6 Å². The van der Waals surface area contributed by atoms with E-state index in [9.17, 15) is 33.9 Å². The summed E-state index contributed by atoms with van der Waals surface area (Å²) >= 11 is 1.58. The Hall–Kier alpha value is -8.11. The zero-order valence-electron chi connectivity index (χ0n) is 52.9. The zero-order valence-corrected chi connectivity index (χ0v) is 53.8. The molecule has 5 N–H and O–H groups in total. The lowest BCUT2D eigenvalue weighted by Gasteiger charge is -2.35. The average Bonchev–Trinajstić information content (AvgIpc) is 1.78. The topological polar surface area (TPSA) is 259 Å². The van der Waals surface area contributed by atoms with E-state index in [2.05, 4.69) is 46.2 Å². The van der Waals surface area contributed by atoms with Gasteiger partial charge >= 0.3 is 0 Å². The van der Waals surface area contributed by atoms with Crippen molar-refractivity contribution in [1.29, 1.82) is 0 Å². The predicted octanol–water partition coefficient (Wildman–Crippen LogP) is 8.93. The summed E-state index contributed by atoms with van der Waals surface area (Å²) in [5.74, 6) is -0.196. The lowest BCUT2D eigenvalue weighted by atomic mass is 9.85. The van der Waals surface area contributed by atoms with Gasteiger partial charge in [0.05, 0.1) is 45.2 Å². The van der Waals surface area contributed by atoms with E-state index in [-0.39, 0.29) is 67.2 Å². The third-order valence-corrected chi connectivity index (χ3v) is 18.0. The first-order valence-corrected chi connectivity index (χ1v) is 32.5. The van der Waals surface area contributed by atoms with Crippen molar-refractivity contribution in [2.75, 3.05) is 37.6 Å². The summed E-state index contributed by atoms with van der Waals surface area (Å²) in [6.45, 7) is 19.2. The molecule has 474 valence electrons. The SMILES string of the molecule is Cc1cc(C)c(CNC(=O)c2cc(-c3ccc(N4CCN(C(=O)CCCCCn5cc(CCCCCCCCC(=O)N[C@@H](C(=O)N6C[C@H](O)C[C@H]6C(=O)NCc6ccc(-c7scnc7C)cc6)C(C)(C)C)nn5)CC4)nc3)cc3c2cnn3C(C)C)c(=O)[nH]1. The number of fused-ring (bicyclic) bond motifs is 1. The van der Waals surface area contributed by atoms with Gasteiger partial charge in [-0.15, -0.1) is 16.4 Å². The van der Waals surface area contributed by atoms with Crippen LogP contribution in [0.1, 0.15) is 162 Å². The van der Waals surface area contributed by atoms with Crippen LogP contribution >= 0.6 is 11.3 Å². The van der Waals surface area contributed by atoms with Crippen molar-refractivity contribution >= 4 is 57.6 Å². The number of aromatic amines is 1. The summed E-state index contributed by atoms with van der Waals surface area (Å²) in [5, 5.41) is 33.6. The van der Waals surface area contributed by atoms with E-state index in [4.69, 9.17) is 4.98 Å². The Labute approximate surface area is 525 Å². The van der Waals surface area contributed by atoms with Crippen molar-refractivity contribution in [2.45, 2.75) is 183 Å². The molecule has 2 fully saturated rings. The summed E-state index contributed by atoms with van der Waals surface area (Å²) < 4.78 is 3.80. The van der Waals surface area contributed by atoms with E-state index < -0.39 is 23.6 Å². The van der Waals surface area contributed by atoms with Crippen molar-refractivity contribution in [3.05, 3.63) is 128 Å². The maximum atomic E-state index is 14.1. The molecule has 0 saturated carbocycles. The molecular weight excluding hydrogens is 1140 g/mol. The van der Waals surface area contributed by atoms with Gasteiger partial charge in [-0.05, 0) is 125 Å². The lowest BCUT2D eigenvalue weighted by molar-refractivity contribution is -0.144. The van der Waals surface area contributed by atoms with Gasteiger partial charge in [-0.2, -0.15) is 5.10 Å². The Morgan fingerprint density at radius 1 is 0.798 bits per heavy atom. The van der Waals surface area contributed by atoms with Crippen LogP contribution in [0.5, 0.6) is 0 Å². The van der Waals surface area contributed by atoms with Crippen LogP contribution in [0.25, 0.3) is 32.5 Å². The number of rotatable bonds is 27. The van der Waals surface area contributed by atoms with Crippen LogP contribution < -0.4 is 26.4 Å². The van der Waals surface area contributed by atoms with Crippen molar-refractivity contribution < 1.29 is 29.1 Å². The van der Waals surface area contributed by atoms with E-state index in [1.165, 1.54) is 4.90 Å². The fourth-order valence-corrected chi connectivity index (χ4v) is 12.8. The monoisotopic (exact) mass is 1230 g/mol. The first-order valence-electron chi connectivity index (χ1n) is 31.6. The molecule has 0 bridgehead atoms. The van der Waals surface area contributed by atoms with Crippen LogP contribution in [0, 0.1) is 26.2 Å². The van der Waals surface area contributed by atoms with Gasteiger partial charge in [0.25, 0.3) is 11.5 Å². The Bertz CT molecular complexity index is 3630. The molecule has 0 unspecified atom stereocenters. The first-order chi connectivity index (χ1) is 42.7. The molecule has 2 saturated heterocycles. The van der Waals surface area contributed by atoms with Crippen LogP contribution in [0.4, 0.5) is 5.82 Å². The molecule has 0 aliphatic carbocycles. The van der Waals surface area contributed by atoms with Gasteiger partial charge in [0.15, 0.2) is 0 Å². The van der Waals surface area contributed by atoms with E-state index in [1.807, 2.05) is 142 Å². The summed E-state index contributed by atoms with van der Waals surface area (Å²) in [5.41, 5.74) is 9.98. The van der Waals surface area contributed by atoms with Crippen molar-refractivity contribution in [3.8, 4) is 21.6 Å². The van der Waals surface area contributed by atoms with Crippen LogP contribution in [-0.4, -0.2) is 135 Å². The van der Waals surface area contributed by atoms with Crippen LogP contribution in [0.3, 0.4) is 0 Å². The number of aliphatic hydroxyl groups is 1. The minimum absolute atomic E-state index is 0.0263. The number of hydrogen-bond acceptors (Lipinski definition) is 14. The van der Waals surface area contributed by atoms with Gasteiger partial charge in [0.2, 0.25) is 23.6 Å².